The lowest BCUT2D eigenvalue weighted by Gasteiger charge is -2.10. The topological polar surface area (TPSA) is 80.4 Å². The maximum Gasteiger partial charge on any atom is 0.251 e. The summed E-state index contributed by atoms with van der Waals surface area (Å²) in [5.74, 6) is 0.672. The van der Waals surface area contributed by atoms with Crippen LogP contribution >= 0.6 is 0 Å². The molecule has 6 nitrogen and oxygen atoms in total. The van der Waals surface area contributed by atoms with Crippen LogP contribution in [0.25, 0.3) is 10.9 Å². The van der Waals surface area contributed by atoms with Gasteiger partial charge in [0.2, 0.25) is 5.91 Å². The van der Waals surface area contributed by atoms with Gasteiger partial charge in [-0.05, 0) is 43.5 Å². The molecule has 0 saturated carbocycles. The minimum atomic E-state index is -0.153. The number of fused-ring (bicyclic) bond motifs is 1. The summed E-state index contributed by atoms with van der Waals surface area (Å²) in [6.45, 7) is 1.32. The number of H-pyrrole nitrogens is 1. The molecule has 0 spiro atoms. The highest BCUT2D eigenvalue weighted by Gasteiger charge is 2.16. The van der Waals surface area contributed by atoms with Crippen LogP contribution in [0, 0.1) is 0 Å². The molecule has 3 rings (SSSR count). The number of hydrogen-bond donors (Lipinski definition) is 2. The molecule has 1 aromatic heterocycles. The third-order valence-corrected chi connectivity index (χ3v) is 4.30. The van der Waals surface area contributed by atoms with E-state index in [1.807, 2.05) is 18.2 Å². The molecule has 128 valence electrons. The van der Waals surface area contributed by atoms with Gasteiger partial charge in [0.15, 0.2) is 0 Å². The monoisotopic (exact) mass is 330 g/mol. The van der Waals surface area contributed by atoms with Gasteiger partial charge in [-0.25, -0.2) is 0 Å². The molecule has 2 aromatic rings. The van der Waals surface area contributed by atoms with Crippen LogP contribution in [0.4, 0.5) is 0 Å². The molecule has 1 saturated heterocycles. The van der Waals surface area contributed by atoms with E-state index in [0.717, 1.165) is 36.1 Å². The Labute approximate surface area is 140 Å². The van der Waals surface area contributed by atoms with E-state index >= 15 is 0 Å². The Bertz CT molecular complexity index is 778. The van der Waals surface area contributed by atoms with E-state index in [1.165, 1.54) is 0 Å². The molecular weight excluding hydrogens is 308 g/mol. The second-order valence-corrected chi connectivity index (χ2v) is 6.02. The summed E-state index contributed by atoms with van der Waals surface area (Å²) in [5.41, 5.74) is 1.20. The number of benzene rings is 1. The lowest BCUT2D eigenvalue weighted by atomic mass is 10.1. The molecule has 1 fully saturated rings. The molecule has 0 aliphatic carbocycles. The second-order valence-electron chi connectivity index (χ2n) is 6.02. The van der Waals surface area contributed by atoms with Crippen molar-refractivity contribution in [3.8, 4) is 5.75 Å². The van der Waals surface area contributed by atoms with Crippen LogP contribution in [0.3, 0.4) is 0 Å². The van der Waals surface area contributed by atoms with Crippen LogP contribution in [0.15, 0.2) is 29.1 Å². The van der Waals surface area contributed by atoms with Crippen molar-refractivity contribution in [2.45, 2.75) is 31.8 Å². The molecule has 1 amide bonds. The van der Waals surface area contributed by atoms with Crippen LogP contribution < -0.4 is 15.6 Å². The highest BCUT2D eigenvalue weighted by atomic mass is 16.5. The fourth-order valence-corrected chi connectivity index (χ4v) is 2.91. The molecule has 2 heterocycles. The maximum atomic E-state index is 12.1. The summed E-state index contributed by atoms with van der Waals surface area (Å²) >= 11 is 0. The van der Waals surface area contributed by atoms with E-state index in [2.05, 4.69) is 10.3 Å². The molecular formula is C18H22N2O4. The fourth-order valence-electron chi connectivity index (χ4n) is 2.91. The van der Waals surface area contributed by atoms with Gasteiger partial charge < -0.3 is 19.8 Å². The third-order valence-electron chi connectivity index (χ3n) is 4.30. The van der Waals surface area contributed by atoms with E-state index in [9.17, 15) is 9.59 Å². The van der Waals surface area contributed by atoms with Crippen LogP contribution in [-0.4, -0.2) is 37.3 Å². The molecule has 1 aromatic carbocycles. The number of pyridine rings is 1. The third kappa shape index (κ3) is 3.94. The Kier molecular flexibility index (Phi) is 5.15. The van der Waals surface area contributed by atoms with Crippen molar-refractivity contribution in [1.29, 1.82) is 0 Å². The number of rotatable bonds is 6. The Morgan fingerprint density at radius 1 is 1.42 bits per heavy atom. The standard InChI is InChI=1S/C18H22N2O4/c1-23-14-5-6-16-13(10-14)9-12(18(22)20-16)4-7-17(21)19-11-15-3-2-8-24-15/h5-6,9-10,15H,2-4,7-8,11H2,1H3,(H,19,21)(H,20,22). The van der Waals surface area contributed by atoms with E-state index in [4.69, 9.17) is 9.47 Å². The number of aromatic amines is 1. The van der Waals surface area contributed by atoms with Crippen molar-refractivity contribution in [1.82, 2.24) is 10.3 Å². The van der Waals surface area contributed by atoms with Gasteiger partial charge in [-0.15, -0.1) is 0 Å². The largest absolute Gasteiger partial charge is 0.497 e. The molecule has 0 radical (unpaired) electrons. The first-order valence-corrected chi connectivity index (χ1v) is 8.24. The lowest BCUT2D eigenvalue weighted by Crippen LogP contribution is -2.32. The quantitative estimate of drug-likeness (QED) is 0.846. The number of nitrogens with one attached hydrogen (secondary N) is 2. The van der Waals surface area contributed by atoms with Gasteiger partial charge in [0.25, 0.3) is 5.56 Å². The Morgan fingerprint density at radius 2 is 2.29 bits per heavy atom. The number of methoxy groups -OCH3 is 1. The molecule has 0 bridgehead atoms. The van der Waals surface area contributed by atoms with Gasteiger partial charge in [0.05, 0.1) is 13.2 Å². The Hall–Kier alpha value is -2.34. The van der Waals surface area contributed by atoms with E-state index in [0.29, 0.717) is 18.5 Å². The number of carbonyl (C=O) groups is 1. The van der Waals surface area contributed by atoms with E-state index in [1.54, 1.807) is 13.2 Å². The highest BCUT2D eigenvalue weighted by Crippen LogP contribution is 2.19. The van der Waals surface area contributed by atoms with Crippen LogP contribution in [0.2, 0.25) is 0 Å². The van der Waals surface area contributed by atoms with Crippen molar-refractivity contribution < 1.29 is 14.3 Å². The van der Waals surface area contributed by atoms with E-state index in [-0.39, 0.29) is 24.0 Å². The van der Waals surface area contributed by atoms with Gasteiger partial charge in [-0.1, -0.05) is 0 Å². The number of aromatic nitrogens is 1. The van der Waals surface area contributed by atoms with E-state index < -0.39 is 0 Å². The first-order valence-electron chi connectivity index (χ1n) is 8.24. The summed E-state index contributed by atoms with van der Waals surface area (Å²) < 4.78 is 10.7. The molecule has 1 aliphatic heterocycles. The number of hydrogen-bond acceptors (Lipinski definition) is 4. The lowest BCUT2D eigenvalue weighted by molar-refractivity contribution is -0.121. The van der Waals surface area contributed by atoms with Gasteiger partial charge in [0, 0.05) is 36.0 Å². The summed E-state index contributed by atoms with van der Waals surface area (Å²) in [7, 11) is 1.60. The van der Waals surface area contributed by atoms with Crippen molar-refractivity contribution >= 4 is 16.8 Å². The van der Waals surface area contributed by atoms with Crippen LogP contribution in [0.5, 0.6) is 5.75 Å². The zero-order valence-electron chi connectivity index (χ0n) is 13.8. The van der Waals surface area contributed by atoms with Gasteiger partial charge in [-0.2, -0.15) is 0 Å². The molecule has 2 N–H and O–H groups in total. The first-order chi connectivity index (χ1) is 11.7. The minimum Gasteiger partial charge on any atom is -0.497 e. The zero-order chi connectivity index (χ0) is 16.9. The SMILES string of the molecule is COc1ccc2[nH]c(=O)c(CCC(=O)NCC3CCCO3)cc2c1. The number of aryl methyl sites for hydroxylation is 1. The zero-order valence-corrected chi connectivity index (χ0v) is 13.8. The summed E-state index contributed by atoms with van der Waals surface area (Å²) in [4.78, 5) is 26.9. The maximum absolute atomic E-state index is 12.1. The van der Waals surface area contributed by atoms with Crippen LogP contribution in [0.1, 0.15) is 24.8 Å². The van der Waals surface area contributed by atoms with Gasteiger partial charge in [-0.3, -0.25) is 9.59 Å². The predicted molar refractivity (Wildman–Crippen MR) is 91.4 cm³/mol. The van der Waals surface area contributed by atoms with Crippen molar-refractivity contribution in [2.24, 2.45) is 0 Å². The second kappa shape index (κ2) is 7.49. The van der Waals surface area contributed by atoms with Crippen molar-refractivity contribution in [2.75, 3.05) is 20.3 Å². The van der Waals surface area contributed by atoms with Gasteiger partial charge in [0.1, 0.15) is 5.75 Å². The molecule has 24 heavy (non-hydrogen) atoms. The van der Waals surface area contributed by atoms with Crippen LogP contribution in [-0.2, 0) is 16.0 Å². The van der Waals surface area contributed by atoms with Crippen molar-refractivity contribution in [3.63, 3.8) is 0 Å². The molecule has 6 heteroatoms. The fraction of sp³-hybridized carbons (Fsp3) is 0.444. The Balaban J connectivity index is 1.62. The van der Waals surface area contributed by atoms with Crippen molar-refractivity contribution in [3.05, 3.63) is 40.2 Å². The summed E-state index contributed by atoms with van der Waals surface area (Å²) in [6.07, 6.45) is 2.86. The number of ether oxygens (including phenoxy) is 2. The smallest absolute Gasteiger partial charge is 0.251 e. The van der Waals surface area contributed by atoms with Gasteiger partial charge >= 0.3 is 0 Å². The summed E-state index contributed by atoms with van der Waals surface area (Å²) in [6, 6.07) is 7.31. The average Bonchev–Trinajstić information content (AvgIpc) is 3.11. The molecule has 1 atom stereocenters. The highest BCUT2D eigenvalue weighted by molar-refractivity contribution is 5.81. The average molecular weight is 330 g/mol. The Morgan fingerprint density at radius 3 is 3.04 bits per heavy atom. The first kappa shape index (κ1) is 16.5. The summed E-state index contributed by atoms with van der Waals surface area (Å²) in [5, 5.41) is 3.77. The molecule has 1 aliphatic rings. The predicted octanol–water partition coefficient (Wildman–Crippen LogP) is 1.76. The minimum absolute atomic E-state index is 0.0596. The normalized spacial score (nSPS) is 17.1. The molecule has 1 unspecified atom stereocenters. The number of amides is 1. The number of carbonyl (C=O) groups excluding carboxylic acids is 1.